The van der Waals surface area contributed by atoms with Crippen molar-refractivity contribution in [3.8, 4) is 0 Å². The van der Waals surface area contributed by atoms with Gasteiger partial charge in [-0.1, -0.05) is 58.3 Å². The molecule has 0 fully saturated rings. The van der Waals surface area contributed by atoms with E-state index >= 15 is 0 Å². The molecule has 0 aliphatic carbocycles. The topological polar surface area (TPSA) is 46.5 Å². The summed E-state index contributed by atoms with van der Waals surface area (Å²) in [4.78, 5) is 11.4. The molecule has 114 valence electrons. The molecule has 0 radical (unpaired) electrons. The Morgan fingerprint density at radius 1 is 0.947 bits per heavy atom. The van der Waals surface area contributed by atoms with Crippen LogP contribution < -0.4 is 0 Å². The lowest BCUT2D eigenvalue weighted by molar-refractivity contribution is -0.153. The van der Waals surface area contributed by atoms with E-state index in [1.807, 2.05) is 0 Å². The molecule has 0 bridgehead atoms. The molecule has 0 heterocycles. The van der Waals surface area contributed by atoms with Gasteiger partial charge in [0.05, 0.1) is 6.10 Å². The van der Waals surface area contributed by atoms with E-state index in [-0.39, 0.29) is 5.97 Å². The molecule has 0 aromatic rings. The Labute approximate surface area is 118 Å². The lowest BCUT2D eigenvalue weighted by Gasteiger charge is -2.15. The fourth-order valence-corrected chi connectivity index (χ4v) is 1.94. The van der Waals surface area contributed by atoms with Crippen LogP contribution in [0.15, 0.2) is 0 Å². The number of ether oxygens (including phenoxy) is 1. The minimum atomic E-state index is -0.591. The number of aliphatic hydroxyl groups excluding tert-OH is 1. The van der Waals surface area contributed by atoms with Gasteiger partial charge in [0.2, 0.25) is 0 Å². The van der Waals surface area contributed by atoms with Crippen LogP contribution in [0.3, 0.4) is 0 Å². The summed E-state index contributed by atoms with van der Waals surface area (Å²) >= 11 is 0. The van der Waals surface area contributed by atoms with Crippen LogP contribution in [-0.4, -0.2) is 23.3 Å². The summed E-state index contributed by atoms with van der Waals surface area (Å²) in [6.07, 6.45) is 10.7. The molecule has 3 heteroatoms. The molecule has 2 atom stereocenters. The van der Waals surface area contributed by atoms with Gasteiger partial charge in [-0.2, -0.15) is 0 Å². The number of aliphatic hydroxyl groups is 1. The van der Waals surface area contributed by atoms with Crippen LogP contribution in [0.5, 0.6) is 0 Å². The van der Waals surface area contributed by atoms with E-state index in [1.54, 1.807) is 13.8 Å². The maximum absolute atomic E-state index is 11.4. The standard InChI is InChI=1S/C16H32O3/c1-4-5-6-7-8-9-10-11-12-13-16(18)19-15(3)14(2)17/h14-15,17H,4-13H2,1-3H3. The zero-order valence-corrected chi connectivity index (χ0v) is 13.0. The molecule has 1 N–H and O–H groups in total. The summed E-state index contributed by atoms with van der Waals surface area (Å²) in [6, 6.07) is 0. The molecular weight excluding hydrogens is 240 g/mol. The van der Waals surface area contributed by atoms with Crippen LogP contribution in [0, 0.1) is 0 Å². The second kappa shape index (κ2) is 12.5. The first kappa shape index (κ1) is 18.4. The van der Waals surface area contributed by atoms with Gasteiger partial charge in [-0.25, -0.2) is 0 Å². The number of esters is 1. The van der Waals surface area contributed by atoms with Gasteiger partial charge in [0.1, 0.15) is 6.10 Å². The predicted molar refractivity (Wildman–Crippen MR) is 79.1 cm³/mol. The van der Waals surface area contributed by atoms with Gasteiger partial charge in [0.25, 0.3) is 0 Å². The zero-order valence-electron chi connectivity index (χ0n) is 13.0. The molecule has 0 amide bonds. The Hall–Kier alpha value is -0.570. The van der Waals surface area contributed by atoms with Crippen molar-refractivity contribution in [1.82, 2.24) is 0 Å². The first-order chi connectivity index (χ1) is 9.07. The van der Waals surface area contributed by atoms with E-state index in [0.29, 0.717) is 6.42 Å². The van der Waals surface area contributed by atoms with Crippen molar-refractivity contribution in [3.05, 3.63) is 0 Å². The molecule has 19 heavy (non-hydrogen) atoms. The normalized spacial score (nSPS) is 14.1. The van der Waals surface area contributed by atoms with Crippen molar-refractivity contribution in [2.45, 2.75) is 97.2 Å². The molecule has 3 nitrogen and oxygen atoms in total. The summed E-state index contributed by atoms with van der Waals surface area (Å²) < 4.78 is 5.09. The summed E-state index contributed by atoms with van der Waals surface area (Å²) in [5, 5.41) is 9.22. The molecule has 0 aliphatic heterocycles. The quantitative estimate of drug-likeness (QED) is 0.427. The van der Waals surface area contributed by atoms with Gasteiger partial charge in [0.15, 0.2) is 0 Å². The average molecular weight is 272 g/mol. The highest BCUT2D eigenvalue weighted by Gasteiger charge is 2.13. The highest BCUT2D eigenvalue weighted by Crippen LogP contribution is 2.11. The Balaban J connectivity index is 3.27. The highest BCUT2D eigenvalue weighted by atomic mass is 16.6. The number of hydrogen-bond donors (Lipinski definition) is 1. The van der Waals surface area contributed by atoms with Gasteiger partial charge in [-0.3, -0.25) is 4.79 Å². The molecule has 0 aliphatic rings. The summed E-state index contributed by atoms with van der Waals surface area (Å²) in [5.74, 6) is -0.184. The van der Waals surface area contributed by atoms with Crippen LogP contribution >= 0.6 is 0 Å². The van der Waals surface area contributed by atoms with Gasteiger partial charge < -0.3 is 9.84 Å². The van der Waals surface area contributed by atoms with Crippen molar-refractivity contribution in [2.24, 2.45) is 0 Å². The molecule has 0 aromatic heterocycles. The number of rotatable bonds is 12. The number of carbonyl (C=O) groups excluding carboxylic acids is 1. The van der Waals surface area contributed by atoms with Gasteiger partial charge in [0, 0.05) is 6.42 Å². The Morgan fingerprint density at radius 3 is 1.89 bits per heavy atom. The monoisotopic (exact) mass is 272 g/mol. The van der Waals surface area contributed by atoms with Crippen LogP contribution in [-0.2, 0) is 9.53 Å². The molecule has 0 rings (SSSR count). The van der Waals surface area contributed by atoms with Crippen LogP contribution in [0.4, 0.5) is 0 Å². The molecule has 0 saturated carbocycles. The van der Waals surface area contributed by atoms with Crippen molar-refractivity contribution in [3.63, 3.8) is 0 Å². The van der Waals surface area contributed by atoms with E-state index in [4.69, 9.17) is 4.74 Å². The minimum Gasteiger partial charge on any atom is -0.460 e. The second-order valence-corrected chi connectivity index (χ2v) is 5.51. The first-order valence-electron chi connectivity index (χ1n) is 7.95. The maximum atomic E-state index is 11.4. The highest BCUT2D eigenvalue weighted by molar-refractivity contribution is 5.69. The van der Waals surface area contributed by atoms with E-state index < -0.39 is 12.2 Å². The third kappa shape index (κ3) is 12.2. The largest absolute Gasteiger partial charge is 0.460 e. The van der Waals surface area contributed by atoms with E-state index in [0.717, 1.165) is 12.8 Å². The molecule has 0 saturated heterocycles. The predicted octanol–water partition coefficient (Wildman–Crippen LogP) is 4.22. The van der Waals surface area contributed by atoms with Crippen molar-refractivity contribution in [1.29, 1.82) is 0 Å². The van der Waals surface area contributed by atoms with Crippen molar-refractivity contribution >= 4 is 5.97 Å². The lowest BCUT2D eigenvalue weighted by Crippen LogP contribution is -2.25. The molecule has 2 unspecified atom stereocenters. The Kier molecular flexibility index (Phi) is 12.1. The maximum Gasteiger partial charge on any atom is 0.306 e. The lowest BCUT2D eigenvalue weighted by atomic mass is 10.1. The van der Waals surface area contributed by atoms with Crippen molar-refractivity contribution < 1.29 is 14.6 Å². The average Bonchev–Trinajstić information content (AvgIpc) is 2.36. The van der Waals surface area contributed by atoms with Gasteiger partial charge in [-0.05, 0) is 20.3 Å². The fraction of sp³-hybridized carbons (Fsp3) is 0.938. The Bertz CT molecular complexity index is 214. The van der Waals surface area contributed by atoms with E-state index in [9.17, 15) is 9.90 Å². The van der Waals surface area contributed by atoms with Gasteiger partial charge >= 0.3 is 5.97 Å². The van der Waals surface area contributed by atoms with Crippen molar-refractivity contribution in [2.75, 3.05) is 0 Å². The first-order valence-corrected chi connectivity index (χ1v) is 7.95. The number of carbonyl (C=O) groups is 1. The zero-order chi connectivity index (χ0) is 14.5. The molecular formula is C16H32O3. The third-order valence-corrected chi connectivity index (χ3v) is 3.48. The fourth-order valence-electron chi connectivity index (χ4n) is 1.94. The minimum absolute atomic E-state index is 0.184. The second-order valence-electron chi connectivity index (χ2n) is 5.51. The van der Waals surface area contributed by atoms with E-state index in [1.165, 1.54) is 44.9 Å². The number of unbranched alkanes of at least 4 members (excludes halogenated alkanes) is 8. The summed E-state index contributed by atoms with van der Waals surface area (Å²) in [5.41, 5.74) is 0. The van der Waals surface area contributed by atoms with Crippen LogP contribution in [0.2, 0.25) is 0 Å². The Morgan fingerprint density at radius 2 is 1.42 bits per heavy atom. The van der Waals surface area contributed by atoms with Gasteiger partial charge in [-0.15, -0.1) is 0 Å². The smallest absolute Gasteiger partial charge is 0.306 e. The summed E-state index contributed by atoms with van der Waals surface area (Å²) in [6.45, 7) is 5.59. The third-order valence-electron chi connectivity index (χ3n) is 3.48. The van der Waals surface area contributed by atoms with E-state index in [2.05, 4.69) is 6.92 Å². The summed E-state index contributed by atoms with van der Waals surface area (Å²) in [7, 11) is 0. The number of hydrogen-bond acceptors (Lipinski definition) is 3. The van der Waals surface area contributed by atoms with Crippen LogP contribution in [0.1, 0.15) is 85.0 Å². The molecule has 0 spiro atoms. The molecule has 0 aromatic carbocycles. The van der Waals surface area contributed by atoms with Crippen LogP contribution in [0.25, 0.3) is 0 Å². The SMILES string of the molecule is CCCCCCCCCCCC(=O)OC(C)C(C)O.